The van der Waals surface area contributed by atoms with E-state index in [4.69, 9.17) is 0 Å². The molecule has 0 saturated heterocycles. The molecular weight excluding hydrogens is 412 g/mol. The maximum absolute atomic E-state index is 13.5. The minimum Gasteiger partial charge on any atom is -0.358 e. The average molecular weight is 437 g/mol. The molecule has 0 spiro atoms. The Morgan fingerprint density at radius 2 is 1.84 bits per heavy atom. The summed E-state index contributed by atoms with van der Waals surface area (Å²) in [4.78, 5) is 19.3. The van der Waals surface area contributed by atoms with Crippen LogP contribution in [-0.4, -0.2) is 10.8 Å². The SMILES string of the molecule is CC1(C)CC(=O)C2=C(C1)Nc1ccc3ncccc3c1C2c1cc(-c2ccccc2)cs1. The number of rotatable bonds is 2. The van der Waals surface area contributed by atoms with E-state index in [1.54, 1.807) is 11.3 Å². The number of thiophene rings is 1. The number of carbonyl (C=O) groups excluding carboxylic acids is 1. The van der Waals surface area contributed by atoms with Crippen molar-refractivity contribution in [1.29, 1.82) is 0 Å². The van der Waals surface area contributed by atoms with E-state index in [9.17, 15) is 4.79 Å². The van der Waals surface area contributed by atoms with Gasteiger partial charge in [0.1, 0.15) is 0 Å². The van der Waals surface area contributed by atoms with Crippen molar-refractivity contribution in [3.63, 3.8) is 0 Å². The van der Waals surface area contributed by atoms with Gasteiger partial charge in [0.2, 0.25) is 0 Å². The van der Waals surface area contributed by atoms with Gasteiger partial charge in [-0.15, -0.1) is 11.3 Å². The standard InChI is InChI=1S/C28H24N2OS/c1-28(2)14-22-26(23(31)15-28)27(24-13-18(16-32-24)17-7-4-3-5-8-17)25-19-9-6-12-29-20(19)10-11-21(25)30-22/h3-13,16,27,30H,14-15H2,1-2H3. The van der Waals surface area contributed by atoms with Gasteiger partial charge < -0.3 is 5.32 Å². The van der Waals surface area contributed by atoms with Crippen molar-refractivity contribution >= 4 is 33.7 Å². The zero-order valence-electron chi connectivity index (χ0n) is 18.2. The smallest absolute Gasteiger partial charge is 0.162 e. The second-order valence-electron chi connectivity index (χ2n) is 9.59. The summed E-state index contributed by atoms with van der Waals surface area (Å²) < 4.78 is 0. The van der Waals surface area contributed by atoms with Gasteiger partial charge in [0.25, 0.3) is 0 Å². The molecular formula is C28H24N2OS. The quantitative estimate of drug-likeness (QED) is 0.362. The number of allylic oxidation sites excluding steroid dienone is 2. The van der Waals surface area contributed by atoms with Crippen LogP contribution in [0.4, 0.5) is 5.69 Å². The number of nitrogens with zero attached hydrogens (tertiary/aromatic N) is 1. The highest BCUT2D eigenvalue weighted by Crippen LogP contribution is 2.52. The van der Waals surface area contributed by atoms with E-state index in [1.165, 1.54) is 21.6 Å². The Balaban J connectivity index is 1.59. The second kappa shape index (κ2) is 7.14. The van der Waals surface area contributed by atoms with Crippen LogP contribution in [-0.2, 0) is 4.79 Å². The minimum atomic E-state index is -0.0692. The molecule has 2 aromatic carbocycles. The summed E-state index contributed by atoms with van der Waals surface area (Å²) in [5, 5.41) is 6.98. The van der Waals surface area contributed by atoms with Crippen molar-refractivity contribution in [2.45, 2.75) is 32.6 Å². The van der Waals surface area contributed by atoms with Gasteiger partial charge >= 0.3 is 0 Å². The number of aromatic nitrogens is 1. The van der Waals surface area contributed by atoms with Crippen LogP contribution in [0.5, 0.6) is 0 Å². The molecule has 2 aromatic heterocycles. The number of nitrogens with one attached hydrogen (secondary N) is 1. The highest BCUT2D eigenvalue weighted by molar-refractivity contribution is 7.10. The minimum absolute atomic E-state index is 0.0337. The third kappa shape index (κ3) is 3.09. The second-order valence-corrected chi connectivity index (χ2v) is 10.5. The van der Waals surface area contributed by atoms with E-state index in [-0.39, 0.29) is 17.1 Å². The molecule has 32 heavy (non-hydrogen) atoms. The summed E-state index contributed by atoms with van der Waals surface area (Å²) in [6, 6.07) is 21.0. The molecule has 0 fully saturated rings. The summed E-state index contributed by atoms with van der Waals surface area (Å²) in [6.45, 7) is 4.37. The van der Waals surface area contributed by atoms with E-state index in [0.717, 1.165) is 34.3 Å². The average Bonchev–Trinajstić information content (AvgIpc) is 3.27. The number of anilines is 1. The molecule has 6 rings (SSSR count). The molecule has 1 aliphatic heterocycles. The van der Waals surface area contributed by atoms with Crippen LogP contribution in [0.1, 0.15) is 43.0 Å². The van der Waals surface area contributed by atoms with Gasteiger partial charge in [0.15, 0.2) is 5.78 Å². The van der Waals surface area contributed by atoms with Crippen molar-refractivity contribution in [2.24, 2.45) is 5.41 Å². The Kier molecular flexibility index (Phi) is 4.34. The summed E-state index contributed by atoms with van der Waals surface area (Å²) in [7, 11) is 0. The van der Waals surface area contributed by atoms with Crippen LogP contribution >= 0.6 is 11.3 Å². The number of carbonyl (C=O) groups is 1. The van der Waals surface area contributed by atoms with Crippen LogP contribution in [0.15, 0.2) is 83.5 Å². The number of pyridine rings is 1. The Morgan fingerprint density at radius 1 is 1.00 bits per heavy atom. The molecule has 0 saturated carbocycles. The van der Waals surface area contributed by atoms with Gasteiger partial charge in [0.05, 0.1) is 11.4 Å². The molecule has 158 valence electrons. The summed E-state index contributed by atoms with van der Waals surface area (Å²) in [5.41, 5.74) is 7.62. The number of benzene rings is 2. The number of fused-ring (bicyclic) bond motifs is 3. The van der Waals surface area contributed by atoms with Crippen molar-refractivity contribution in [3.8, 4) is 11.1 Å². The van der Waals surface area contributed by atoms with Gasteiger partial charge in [0, 0.05) is 39.8 Å². The van der Waals surface area contributed by atoms with E-state index in [0.29, 0.717) is 6.42 Å². The molecule has 1 aliphatic carbocycles. The zero-order valence-corrected chi connectivity index (χ0v) is 19.0. The predicted molar refractivity (Wildman–Crippen MR) is 132 cm³/mol. The fourth-order valence-corrected chi connectivity index (χ4v) is 6.29. The van der Waals surface area contributed by atoms with E-state index in [1.807, 2.05) is 18.3 Å². The fraction of sp³-hybridized carbons (Fsp3) is 0.214. The zero-order chi connectivity index (χ0) is 21.9. The van der Waals surface area contributed by atoms with E-state index >= 15 is 0 Å². The molecule has 1 N–H and O–H groups in total. The summed E-state index contributed by atoms with van der Waals surface area (Å²) >= 11 is 1.75. The molecule has 0 radical (unpaired) electrons. The first kappa shape index (κ1) is 19.4. The fourth-order valence-electron chi connectivity index (χ4n) is 5.25. The molecule has 4 heteroatoms. The topological polar surface area (TPSA) is 42.0 Å². The van der Waals surface area contributed by atoms with Crippen LogP contribution in [0.25, 0.3) is 22.0 Å². The first-order valence-electron chi connectivity index (χ1n) is 11.0. The lowest BCUT2D eigenvalue weighted by Crippen LogP contribution is -2.33. The Hall–Kier alpha value is -3.24. The van der Waals surface area contributed by atoms with Crippen LogP contribution in [0, 0.1) is 5.41 Å². The first-order chi connectivity index (χ1) is 15.5. The van der Waals surface area contributed by atoms with Gasteiger partial charge in [-0.1, -0.05) is 50.2 Å². The largest absolute Gasteiger partial charge is 0.358 e. The maximum atomic E-state index is 13.5. The monoisotopic (exact) mass is 436 g/mol. The van der Waals surface area contributed by atoms with E-state index in [2.05, 4.69) is 78.1 Å². The highest BCUT2D eigenvalue weighted by atomic mass is 32.1. The van der Waals surface area contributed by atoms with E-state index < -0.39 is 0 Å². The lowest BCUT2D eigenvalue weighted by atomic mass is 9.69. The first-order valence-corrected chi connectivity index (χ1v) is 11.9. The number of hydrogen-bond donors (Lipinski definition) is 1. The number of hydrogen-bond acceptors (Lipinski definition) is 4. The van der Waals surface area contributed by atoms with Crippen LogP contribution in [0.3, 0.4) is 0 Å². The lowest BCUT2D eigenvalue weighted by molar-refractivity contribution is -0.118. The number of ketones is 1. The molecule has 3 heterocycles. The molecule has 0 bridgehead atoms. The summed E-state index contributed by atoms with van der Waals surface area (Å²) in [6.07, 6.45) is 3.29. The molecule has 1 unspecified atom stereocenters. The third-order valence-corrected chi connectivity index (χ3v) is 7.62. The van der Waals surface area contributed by atoms with Crippen LogP contribution < -0.4 is 5.32 Å². The van der Waals surface area contributed by atoms with Crippen molar-refractivity contribution in [3.05, 3.63) is 94.0 Å². The van der Waals surface area contributed by atoms with Gasteiger partial charge in [-0.25, -0.2) is 0 Å². The molecule has 4 aromatic rings. The molecule has 3 nitrogen and oxygen atoms in total. The van der Waals surface area contributed by atoms with Crippen molar-refractivity contribution < 1.29 is 4.79 Å². The van der Waals surface area contributed by atoms with Gasteiger partial charge in [-0.2, -0.15) is 0 Å². The van der Waals surface area contributed by atoms with Gasteiger partial charge in [-0.05, 0) is 58.2 Å². The Morgan fingerprint density at radius 3 is 2.69 bits per heavy atom. The molecule has 1 atom stereocenters. The lowest BCUT2D eigenvalue weighted by Gasteiger charge is -2.39. The summed E-state index contributed by atoms with van der Waals surface area (Å²) in [5.74, 6) is 0.190. The normalized spacial score (nSPS) is 19.4. The Bertz CT molecular complexity index is 1400. The van der Waals surface area contributed by atoms with Gasteiger partial charge in [-0.3, -0.25) is 9.78 Å². The highest BCUT2D eigenvalue weighted by Gasteiger charge is 2.41. The maximum Gasteiger partial charge on any atom is 0.162 e. The predicted octanol–water partition coefficient (Wildman–Crippen LogP) is 7.16. The van der Waals surface area contributed by atoms with Crippen molar-refractivity contribution in [2.75, 3.05) is 5.32 Å². The molecule has 0 amide bonds. The number of Topliss-reactive ketones (excluding diaryl/α,β-unsaturated/α-hetero) is 1. The third-order valence-electron chi connectivity index (χ3n) is 6.62. The van der Waals surface area contributed by atoms with Crippen LogP contribution in [0.2, 0.25) is 0 Å². The molecule has 2 aliphatic rings. The Labute approximate surface area is 191 Å². The van der Waals surface area contributed by atoms with Crippen molar-refractivity contribution in [1.82, 2.24) is 4.98 Å².